The third-order valence-electron chi connectivity index (χ3n) is 2.79. The predicted molar refractivity (Wildman–Crippen MR) is 56.2 cm³/mol. The molecule has 1 heterocycles. The minimum atomic E-state index is -4.61. The number of rotatable bonds is 0. The summed E-state index contributed by atoms with van der Waals surface area (Å²) in [5, 5.41) is 2.24. The van der Waals surface area contributed by atoms with Crippen LogP contribution in [0.1, 0.15) is 12.5 Å². The molecule has 1 aliphatic heterocycles. The highest BCUT2D eigenvalue weighted by Crippen LogP contribution is 2.48. The summed E-state index contributed by atoms with van der Waals surface area (Å²) < 4.78 is 39.3. The zero-order valence-electron chi connectivity index (χ0n) is 8.15. The summed E-state index contributed by atoms with van der Waals surface area (Å²) in [7, 11) is 0. The Balaban J connectivity index is 2.67. The molecule has 1 aromatic rings. The molecule has 0 saturated carbocycles. The topological polar surface area (TPSA) is 29.1 Å². The molecule has 0 aromatic heterocycles. The van der Waals surface area contributed by atoms with E-state index in [1.807, 2.05) is 0 Å². The van der Waals surface area contributed by atoms with Crippen LogP contribution >= 0.6 is 15.9 Å². The Morgan fingerprint density at radius 2 is 2.00 bits per heavy atom. The van der Waals surface area contributed by atoms with E-state index in [-0.39, 0.29) is 11.3 Å². The Hall–Kier alpha value is -1.04. The zero-order valence-corrected chi connectivity index (χ0v) is 9.74. The minimum absolute atomic E-state index is 0.0422. The Morgan fingerprint density at radius 1 is 1.38 bits per heavy atom. The van der Waals surface area contributed by atoms with Crippen LogP contribution in [0.2, 0.25) is 0 Å². The number of carbonyl (C=O) groups is 1. The number of hydrogen-bond acceptors (Lipinski definition) is 1. The van der Waals surface area contributed by atoms with Crippen LogP contribution in [0.5, 0.6) is 0 Å². The highest BCUT2D eigenvalue weighted by Gasteiger charge is 2.61. The van der Waals surface area contributed by atoms with E-state index in [1.54, 1.807) is 6.07 Å². The molecule has 2 nitrogen and oxygen atoms in total. The summed E-state index contributed by atoms with van der Waals surface area (Å²) in [5.74, 6) is -1.03. The summed E-state index contributed by atoms with van der Waals surface area (Å²) in [6.45, 7) is 0.889. The molecule has 6 heteroatoms. The highest BCUT2D eigenvalue weighted by atomic mass is 79.9. The maximum absolute atomic E-state index is 12.9. The van der Waals surface area contributed by atoms with Gasteiger partial charge in [0.05, 0.1) is 0 Å². The molecule has 86 valence electrons. The molecule has 1 amide bonds. The van der Waals surface area contributed by atoms with Crippen LogP contribution in [0.25, 0.3) is 0 Å². The van der Waals surface area contributed by atoms with Crippen molar-refractivity contribution in [3.8, 4) is 0 Å². The fraction of sp³-hybridized carbons (Fsp3) is 0.300. The van der Waals surface area contributed by atoms with Gasteiger partial charge in [0.1, 0.15) is 0 Å². The first-order valence-electron chi connectivity index (χ1n) is 4.45. The SMILES string of the molecule is CC1(C(F)(F)F)C(=O)Nc2ccc(Br)cc21. The van der Waals surface area contributed by atoms with Crippen molar-refractivity contribution in [3.05, 3.63) is 28.2 Å². The third kappa shape index (κ3) is 1.36. The van der Waals surface area contributed by atoms with E-state index in [0.29, 0.717) is 4.47 Å². The minimum Gasteiger partial charge on any atom is -0.325 e. The van der Waals surface area contributed by atoms with Crippen LogP contribution in [-0.4, -0.2) is 12.1 Å². The fourth-order valence-corrected chi connectivity index (χ4v) is 2.05. The number of halogens is 4. The average molecular weight is 294 g/mol. The van der Waals surface area contributed by atoms with E-state index in [0.717, 1.165) is 6.92 Å². The maximum Gasteiger partial charge on any atom is 0.407 e. The van der Waals surface area contributed by atoms with Gasteiger partial charge >= 0.3 is 6.18 Å². The Morgan fingerprint density at radius 3 is 2.56 bits per heavy atom. The zero-order chi connectivity index (χ0) is 12.1. The van der Waals surface area contributed by atoms with E-state index in [2.05, 4.69) is 21.2 Å². The molecule has 1 aromatic carbocycles. The van der Waals surface area contributed by atoms with Gasteiger partial charge in [-0.15, -0.1) is 0 Å². The van der Waals surface area contributed by atoms with Gasteiger partial charge in [-0.3, -0.25) is 4.79 Å². The number of hydrogen-bond donors (Lipinski definition) is 1. The number of alkyl halides is 3. The normalized spacial score (nSPS) is 24.2. The largest absolute Gasteiger partial charge is 0.407 e. The van der Waals surface area contributed by atoms with E-state index < -0.39 is 17.5 Å². The van der Waals surface area contributed by atoms with Gasteiger partial charge in [0.15, 0.2) is 5.41 Å². The number of fused-ring (bicyclic) bond motifs is 1. The molecular weight excluding hydrogens is 287 g/mol. The summed E-state index contributed by atoms with van der Waals surface area (Å²) in [6, 6.07) is 4.36. The second-order valence-electron chi connectivity index (χ2n) is 3.77. The quantitative estimate of drug-likeness (QED) is 0.782. The van der Waals surface area contributed by atoms with E-state index in [4.69, 9.17) is 0 Å². The maximum atomic E-state index is 12.9. The standard InChI is InChI=1S/C10H7BrF3NO/c1-9(10(12,13)14)6-4-5(11)2-3-7(6)15-8(9)16/h2-4H,1H3,(H,15,16). The van der Waals surface area contributed by atoms with Gasteiger partial charge < -0.3 is 5.32 Å². The van der Waals surface area contributed by atoms with Gasteiger partial charge in [-0.25, -0.2) is 0 Å². The second kappa shape index (κ2) is 3.23. The van der Waals surface area contributed by atoms with Crippen LogP contribution in [0.4, 0.5) is 18.9 Å². The monoisotopic (exact) mass is 293 g/mol. The van der Waals surface area contributed by atoms with Gasteiger partial charge in [-0.05, 0) is 25.1 Å². The second-order valence-corrected chi connectivity index (χ2v) is 4.68. The van der Waals surface area contributed by atoms with Crippen LogP contribution in [0, 0.1) is 0 Å². The van der Waals surface area contributed by atoms with Gasteiger partial charge in [-0.2, -0.15) is 13.2 Å². The first-order chi connectivity index (χ1) is 7.26. The van der Waals surface area contributed by atoms with Gasteiger partial charge in [-0.1, -0.05) is 15.9 Å². The summed E-state index contributed by atoms with van der Waals surface area (Å²) in [5.41, 5.74) is -2.29. The fourth-order valence-electron chi connectivity index (χ4n) is 1.69. The third-order valence-corrected chi connectivity index (χ3v) is 3.28. The molecule has 0 fully saturated rings. The van der Waals surface area contributed by atoms with E-state index >= 15 is 0 Å². The molecule has 2 rings (SSSR count). The molecule has 1 atom stereocenters. The van der Waals surface area contributed by atoms with Gasteiger partial charge in [0.25, 0.3) is 0 Å². The summed E-state index contributed by atoms with van der Waals surface area (Å²) in [6.07, 6.45) is -4.61. The first kappa shape index (κ1) is 11.4. The lowest BCUT2D eigenvalue weighted by Crippen LogP contribution is -2.45. The highest BCUT2D eigenvalue weighted by molar-refractivity contribution is 9.10. The van der Waals surface area contributed by atoms with Gasteiger partial charge in [0, 0.05) is 15.7 Å². The van der Waals surface area contributed by atoms with Gasteiger partial charge in [0.2, 0.25) is 5.91 Å². The predicted octanol–water partition coefficient (Wildman–Crippen LogP) is 3.22. The molecule has 0 spiro atoms. The van der Waals surface area contributed by atoms with Crippen LogP contribution < -0.4 is 5.32 Å². The van der Waals surface area contributed by atoms with Crippen molar-refractivity contribution in [1.82, 2.24) is 0 Å². The number of amides is 1. The Bertz CT molecular complexity index is 472. The van der Waals surface area contributed by atoms with Crippen molar-refractivity contribution in [3.63, 3.8) is 0 Å². The summed E-state index contributed by atoms with van der Waals surface area (Å²) in [4.78, 5) is 11.5. The number of nitrogens with one attached hydrogen (secondary N) is 1. The van der Waals surface area contributed by atoms with Crippen molar-refractivity contribution in [2.45, 2.75) is 18.5 Å². The van der Waals surface area contributed by atoms with Crippen molar-refractivity contribution < 1.29 is 18.0 Å². The molecule has 0 aliphatic carbocycles. The van der Waals surface area contributed by atoms with Crippen molar-refractivity contribution in [1.29, 1.82) is 0 Å². The Labute approximate surface area is 98.0 Å². The molecule has 1 aliphatic rings. The number of benzene rings is 1. The van der Waals surface area contributed by atoms with E-state index in [1.165, 1.54) is 12.1 Å². The first-order valence-corrected chi connectivity index (χ1v) is 5.24. The Kier molecular flexibility index (Phi) is 2.31. The lowest BCUT2D eigenvalue weighted by Gasteiger charge is -2.25. The molecule has 0 bridgehead atoms. The lowest BCUT2D eigenvalue weighted by molar-refractivity contribution is -0.186. The van der Waals surface area contributed by atoms with Crippen LogP contribution in [0.15, 0.2) is 22.7 Å². The molecule has 0 radical (unpaired) electrons. The van der Waals surface area contributed by atoms with Crippen LogP contribution in [-0.2, 0) is 10.2 Å². The van der Waals surface area contributed by atoms with E-state index in [9.17, 15) is 18.0 Å². The van der Waals surface area contributed by atoms with Crippen molar-refractivity contribution in [2.75, 3.05) is 5.32 Å². The van der Waals surface area contributed by atoms with Crippen molar-refractivity contribution >= 4 is 27.5 Å². The molecule has 16 heavy (non-hydrogen) atoms. The summed E-state index contributed by atoms with van der Waals surface area (Å²) >= 11 is 3.10. The lowest BCUT2D eigenvalue weighted by atomic mass is 9.83. The number of anilines is 1. The number of carbonyl (C=O) groups excluding carboxylic acids is 1. The smallest absolute Gasteiger partial charge is 0.325 e. The average Bonchev–Trinajstić information content (AvgIpc) is 2.41. The molecule has 0 saturated heterocycles. The molecule has 1 N–H and O–H groups in total. The molecular formula is C10H7BrF3NO. The van der Waals surface area contributed by atoms with Crippen LogP contribution in [0.3, 0.4) is 0 Å². The van der Waals surface area contributed by atoms with Crippen molar-refractivity contribution in [2.24, 2.45) is 0 Å². The molecule has 1 unspecified atom stereocenters.